The molecule has 1 N–H and O–H groups in total. The van der Waals surface area contributed by atoms with Gasteiger partial charge in [0, 0.05) is 16.4 Å². The van der Waals surface area contributed by atoms with Gasteiger partial charge in [0.25, 0.3) is 5.91 Å². The molecule has 2 aromatic heterocycles. The molecule has 0 saturated carbocycles. The van der Waals surface area contributed by atoms with E-state index in [1.54, 1.807) is 35.7 Å². The second-order valence-electron chi connectivity index (χ2n) is 4.70. The Hall–Kier alpha value is -1.56. The summed E-state index contributed by atoms with van der Waals surface area (Å²) in [4.78, 5) is 16.9. The second-order valence-corrected chi connectivity index (χ2v) is 6.43. The van der Waals surface area contributed by atoms with Gasteiger partial charge < -0.3 is 5.32 Å². The van der Waals surface area contributed by atoms with Gasteiger partial charge in [0.05, 0.1) is 15.7 Å². The smallest absolute Gasteiger partial charge is 0.274 e. The molecule has 0 aliphatic heterocycles. The van der Waals surface area contributed by atoms with Crippen LogP contribution >= 0.6 is 39.1 Å². The van der Waals surface area contributed by atoms with E-state index in [9.17, 15) is 4.79 Å². The van der Waals surface area contributed by atoms with Crippen molar-refractivity contribution in [3.63, 3.8) is 0 Å². The lowest BCUT2D eigenvalue weighted by Gasteiger charge is -2.07. The van der Waals surface area contributed by atoms with E-state index in [0.717, 1.165) is 4.47 Å². The van der Waals surface area contributed by atoms with Gasteiger partial charge >= 0.3 is 0 Å². The highest BCUT2D eigenvalue weighted by Gasteiger charge is 2.17. The molecule has 1 amide bonds. The van der Waals surface area contributed by atoms with Gasteiger partial charge in [0.2, 0.25) is 0 Å². The molecule has 3 aromatic rings. The molecule has 1 aromatic carbocycles. The van der Waals surface area contributed by atoms with Crippen LogP contribution in [0, 0.1) is 6.92 Å². The summed E-state index contributed by atoms with van der Waals surface area (Å²) >= 11 is 15.2. The lowest BCUT2D eigenvalue weighted by Crippen LogP contribution is -2.15. The van der Waals surface area contributed by atoms with Crippen LogP contribution in [-0.4, -0.2) is 15.3 Å². The number of carbonyl (C=O) groups is 1. The maximum absolute atomic E-state index is 12.6. The summed E-state index contributed by atoms with van der Waals surface area (Å²) in [6.07, 6.45) is 1.80. The van der Waals surface area contributed by atoms with E-state index < -0.39 is 0 Å². The highest BCUT2D eigenvalue weighted by molar-refractivity contribution is 9.10. The summed E-state index contributed by atoms with van der Waals surface area (Å²) in [7, 11) is 0. The lowest BCUT2D eigenvalue weighted by atomic mass is 10.3. The maximum atomic E-state index is 12.6. The number of pyridine rings is 1. The van der Waals surface area contributed by atoms with Crippen molar-refractivity contribution in [3.8, 4) is 0 Å². The normalized spacial score (nSPS) is 10.9. The van der Waals surface area contributed by atoms with Gasteiger partial charge in [-0.1, -0.05) is 23.2 Å². The molecule has 0 spiro atoms. The second kappa shape index (κ2) is 5.91. The molecule has 0 radical (unpaired) electrons. The Morgan fingerprint density at radius 3 is 2.73 bits per heavy atom. The summed E-state index contributed by atoms with van der Waals surface area (Å²) in [5.41, 5.74) is 2.40. The van der Waals surface area contributed by atoms with E-state index in [4.69, 9.17) is 23.2 Å². The maximum Gasteiger partial charge on any atom is 0.274 e. The number of hydrogen-bond acceptors (Lipinski definition) is 2. The van der Waals surface area contributed by atoms with Crippen LogP contribution in [0.5, 0.6) is 0 Å². The number of aromatic nitrogens is 2. The number of nitrogens with one attached hydrogen (secondary N) is 1. The van der Waals surface area contributed by atoms with E-state index in [1.807, 2.05) is 12.1 Å². The lowest BCUT2D eigenvalue weighted by molar-refractivity contribution is 0.102. The summed E-state index contributed by atoms with van der Waals surface area (Å²) in [5.74, 6) is -0.263. The Kier molecular flexibility index (Phi) is 4.12. The zero-order chi connectivity index (χ0) is 15.9. The number of hydrogen-bond donors (Lipinski definition) is 1. The molecular formula is C15H10BrCl2N3O. The Morgan fingerprint density at radius 2 is 2.00 bits per heavy atom. The molecule has 3 rings (SSSR count). The average molecular weight is 399 g/mol. The third kappa shape index (κ3) is 2.84. The number of anilines is 1. The van der Waals surface area contributed by atoms with Crippen molar-refractivity contribution in [3.05, 3.63) is 62.4 Å². The molecule has 0 fully saturated rings. The third-order valence-electron chi connectivity index (χ3n) is 3.15. The molecule has 0 saturated heterocycles. The number of halogens is 3. The number of benzene rings is 1. The zero-order valence-electron chi connectivity index (χ0n) is 11.4. The van der Waals surface area contributed by atoms with Gasteiger partial charge in [-0.15, -0.1) is 0 Å². The summed E-state index contributed by atoms with van der Waals surface area (Å²) in [6, 6.07) is 8.66. The summed E-state index contributed by atoms with van der Waals surface area (Å²) in [5, 5.41) is 3.63. The fourth-order valence-electron chi connectivity index (χ4n) is 2.17. The van der Waals surface area contributed by atoms with Gasteiger partial charge in [0.1, 0.15) is 11.3 Å². The topological polar surface area (TPSA) is 46.4 Å². The van der Waals surface area contributed by atoms with Crippen molar-refractivity contribution < 1.29 is 4.79 Å². The molecule has 0 atom stereocenters. The highest BCUT2D eigenvalue weighted by atomic mass is 79.9. The molecule has 22 heavy (non-hydrogen) atoms. The van der Waals surface area contributed by atoms with Crippen molar-refractivity contribution in [2.24, 2.45) is 0 Å². The fourth-order valence-corrected chi connectivity index (χ4v) is 2.81. The largest absolute Gasteiger partial charge is 0.321 e. The third-order valence-corrected chi connectivity index (χ3v) is 4.36. The molecule has 7 heteroatoms. The van der Waals surface area contributed by atoms with Crippen LogP contribution in [0.2, 0.25) is 10.0 Å². The molecule has 0 unspecified atom stereocenters. The van der Waals surface area contributed by atoms with Crippen molar-refractivity contribution in [1.82, 2.24) is 9.38 Å². The predicted octanol–water partition coefficient (Wildman–Crippen LogP) is 4.96. The SMILES string of the molecule is Cc1nc2ccc(Br)cn2c1C(=O)Nc1ccc(Cl)c(Cl)c1. The number of amides is 1. The minimum Gasteiger partial charge on any atom is -0.321 e. The minimum absolute atomic E-state index is 0.263. The Balaban J connectivity index is 2.00. The summed E-state index contributed by atoms with van der Waals surface area (Å²) in [6.45, 7) is 1.80. The van der Waals surface area contributed by atoms with Crippen molar-refractivity contribution >= 4 is 56.4 Å². The van der Waals surface area contributed by atoms with Crippen LogP contribution in [-0.2, 0) is 0 Å². The van der Waals surface area contributed by atoms with Gasteiger partial charge in [0.15, 0.2) is 0 Å². The predicted molar refractivity (Wildman–Crippen MR) is 92.0 cm³/mol. The number of rotatable bonds is 2. The molecule has 0 aliphatic carbocycles. The molecule has 0 aliphatic rings. The first-order valence-electron chi connectivity index (χ1n) is 6.36. The number of aryl methyl sites for hydroxylation is 1. The molecule has 2 heterocycles. The fraction of sp³-hybridized carbons (Fsp3) is 0.0667. The number of nitrogens with zero attached hydrogens (tertiary/aromatic N) is 2. The van der Waals surface area contributed by atoms with E-state index >= 15 is 0 Å². The highest BCUT2D eigenvalue weighted by Crippen LogP contribution is 2.25. The first-order chi connectivity index (χ1) is 10.5. The van der Waals surface area contributed by atoms with Crippen LogP contribution in [0.25, 0.3) is 5.65 Å². The van der Waals surface area contributed by atoms with E-state index in [2.05, 4.69) is 26.2 Å². The molecule has 4 nitrogen and oxygen atoms in total. The van der Waals surface area contributed by atoms with Gasteiger partial charge in [-0.3, -0.25) is 9.20 Å². The Morgan fingerprint density at radius 1 is 1.23 bits per heavy atom. The van der Waals surface area contributed by atoms with Crippen molar-refractivity contribution in [1.29, 1.82) is 0 Å². The van der Waals surface area contributed by atoms with Crippen LogP contribution in [0.1, 0.15) is 16.2 Å². The molecular weight excluding hydrogens is 389 g/mol. The average Bonchev–Trinajstić information content (AvgIpc) is 2.78. The van der Waals surface area contributed by atoms with E-state index in [0.29, 0.717) is 32.8 Å². The Labute approximate surface area is 145 Å². The van der Waals surface area contributed by atoms with E-state index in [-0.39, 0.29) is 5.91 Å². The van der Waals surface area contributed by atoms with Gasteiger partial charge in [-0.2, -0.15) is 0 Å². The zero-order valence-corrected chi connectivity index (χ0v) is 14.5. The van der Waals surface area contributed by atoms with Crippen molar-refractivity contribution in [2.75, 3.05) is 5.32 Å². The van der Waals surface area contributed by atoms with Gasteiger partial charge in [-0.25, -0.2) is 4.98 Å². The monoisotopic (exact) mass is 397 g/mol. The number of carbonyl (C=O) groups excluding carboxylic acids is 1. The van der Waals surface area contributed by atoms with Gasteiger partial charge in [-0.05, 0) is 53.2 Å². The summed E-state index contributed by atoms with van der Waals surface area (Å²) < 4.78 is 2.60. The standard InChI is InChI=1S/C15H10BrCl2N3O/c1-8-14(21-7-9(16)2-5-13(21)19-8)15(22)20-10-3-4-11(17)12(18)6-10/h2-7H,1H3,(H,20,22). The first-order valence-corrected chi connectivity index (χ1v) is 7.91. The van der Waals surface area contributed by atoms with Crippen LogP contribution in [0.15, 0.2) is 41.0 Å². The number of fused-ring (bicyclic) bond motifs is 1. The van der Waals surface area contributed by atoms with Crippen molar-refractivity contribution in [2.45, 2.75) is 6.92 Å². The quantitative estimate of drug-likeness (QED) is 0.662. The van der Waals surface area contributed by atoms with Crippen LogP contribution in [0.3, 0.4) is 0 Å². The first kappa shape index (κ1) is 15.3. The minimum atomic E-state index is -0.263. The molecule has 112 valence electrons. The molecule has 0 bridgehead atoms. The Bertz CT molecular complexity index is 892. The van der Waals surface area contributed by atoms with E-state index in [1.165, 1.54) is 0 Å². The van der Waals surface area contributed by atoms with Crippen LogP contribution < -0.4 is 5.32 Å². The van der Waals surface area contributed by atoms with Crippen LogP contribution in [0.4, 0.5) is 5.69 Å². The number of imidazole rings is 1.